The second kappa shape index (κ2) is 4.91. The highest BCUT2D eigenvalue weighted by Crippen LogP contribution is 1.96. The van der Waals surface area contributed by atoms with Crippen molar-refractivity contribution in [2.24, 2.45) is 0 Å². The van der Waals surface area contributed by atoms with Gasteiger partial charge in [0.2, 0.25) is 5.24 Å². The molecule has 1 N–H and O–H groups in total. The van der Waals surface area contributed by atoms with Crippen molar-refractivity contribution < 1.29 is 4.79 Å². The van der Waals surface area contributed by atoms with Gasteiger partial charge in [-0.25, -0.2) is 0 Å². The van der Waals surface area contributed by atoms with Crippen LogP contribution in [0.25, 0.3) is 0 Å². The minimum Gasteiger partial charge on any atom is -0.305 e. The summed E-state index contributed by atoms with van der Waals surface area (Å²) in [4.78, 5) is 10.3. The number of hydrogen-bond donors (Lipinski definition) is 1. The first kappa shape index (κ1) is 9.23. The third-order valence-electron chi connectivity index (χ3n) is 1.44. The zero-order valence-electron chi connectivity index (χ0n) is 6.59. The Hall–Kier alpha value is -0.860. The lowest BCUT2D eigenvalue weighted by Crippen LogP contribution is -2.18. The largest absolute Gasteiger partial charge is 0.305 e. The van der Waals surface area contributed by atoms with Crippen molar-refractivity contribution >= 4 is 16.8 Å². The second-order valence-electron chi connectivity index (χ2n) is 2.44. The first-order valence-electron chi connectivity index (χ1n) is 3.72. The van der Waals surface area contributed by atoms with E-state index < -0.39 is 0 Å². The Balaban J connectivity index is 2.29. The molecule has 3 heteroatoms. The summed E-state index contributed by atoms with van der Waals surface area (Å²) in [5.41, 5.74) is 1.15. The number of benzene rings is 1. The van der Waals surface area contributed by atoms with Crippen LogP contribution in [0.5, 0.6) is 0 Å². The molecule has 0 spiro atoms. The maximum atomic E-state index is 10.3. The Labute approximate surface area is 76.5 Å². The molecule has 0 aliphatic heterocycles. The summed E-state index contributed by atoms with van der Waals surface area (Å²) in [6.07, 6.45) is 0. The zero-order valence-corrected chi connectivity index (χ0v) is 7.34. The number of rotatable bonds is 4. The number of halogens is 1. The number of hydrogen-bond acceptors (Lipinski definition) is 2. The summed E-state index contributed by atoms with van der Waals surface area (Å²) in [6.45, 7) is 0.899. The summed E-state index contributed by atoms with van der Waals surface area (Å²) in [5.74, 6) is 0. The molecule has 12 heavy (non-hydrogen) atoms. The summed E-state index contributed by atoms with van der Waals surface area (Å²) in [7, 11) is 0. The van der Waals surface area contributed by atoms with Crippen molar-refractivity contribution in [1.82, 2.24) is 5.32 Å². The van der Waals surface area contributed by atoms with Gasteiger partial charge in [0, 0.05) is 6.54 Å². The van der Waals surface area contributed by atoms with E-state index in [9.17, 15) is 4.79 Å². The van der Waals surface area contributed by atoms with Crippen LogP contribution in [-0.2, 0) is 11.3 Å². The summed E-state index contributed by atoms with van der Waals surface area (Å²) < 4.78 is 0. The van der Waals surface area contributed by atoms with Gasteiger partial charge in [0.05, 0.1) is 6.54 Å². The Bertz CT molecular complexity index is 248. The van der Waals surface area contributed by atoms with Crippen LogP contribution in [0.1, 0.15) is 5.56 Å². The van der Waals surface area contributed by atoms with Crippen LogP contribution in [0.15, 0.2) is 30.3 Å². The minimum absolute atomic E-state index is 0.219. The van der Waals surface area contributed by atoms with Gasteiger partial charge >= 0.3 is 0 Å². The van der Waals surface area contributed by atoms with Crippen molar-refractivity contribution in [3.63, 3.8) is 0 Å². The number of carbonyl (C=O) groups excluding carboxylic acids is 1. The predicted octanol–water partition coefficient (Wildman–Crippen LogP) is 1.54. The lowest BCUT2D eigenvalue weighted by Gasteiger charge is -2.00. The van der Waals surface area contributed by atoms with Crippen molar-refractivity contribution in [3.8, 4) is 0 Å². The highest BCUT2D eigenvalue weighted by molar-refractivity contribution is 6.64. The van der Waals surface area contributed by atoms with Crippen LogP contribution in [0.2, 0.25) is 0 Å². The van der Waals surface area contributed by atoms with Crippen molar-refractivity contribution in [2.45, 2.75) is 6.54 Å². The molecule has 0 fully saturated rings. The molecule has 0 unspecified atom stereocenters. The quantitative estimate of drug-likeness (QED) is 0.718. The molecule has 0 saturated heterocycles. The van der Waals surface area contributed by atoms with E-state index in [4.69, 9.17) is 11.6 Å². The Morgan fingerprint density at radius 3 is 2.58 bits per heavy atom. The van der Waals surface area contributed by atoms with E-state index >= 15 is 0 Å². The molecule has 0 atom stereocenters. The molecule has 0 radical (unpaired) electrons. The van der Waals surface area contributed by atoms with Crippen molar-refractivity contribution in [3.05, 3.63) is 35.9 Å². The van der Waals surface area contributed by atoms with E-state index in [1.807, 2.05) is 30.3 Å². The predicted molar refractivity (Wildman–Crippen MR) is 49.0 cm³/mol. The molecule has 1 aromatic rings. The van der Waals surface area contributed by atoms with Crippen LogP contribution >= 0.6 is 11.6 Å². The standard InChI is InChI=1S/C9H10ClNO/c10-9(12)7-11-6-8-4-2-1-3-5-8/h1-5,11H,6-7H2. The molecule has 1 rings (SSSR count). The lowest BCUT2D eigenvalue weighted by molar-refractivity contribution is -0.110. The average Bonchev–Trinajstić information content (AvgIpc) is 2.05. The van der Waals surface area contributed by atoms with Gasteiger partial charge in [-0.3, -0.25) is 4.79 Å². The second-order valence-corrected chi connectivity index (χ2v) is 2.87. The molecule has 0 aliphatic carbocycles. The van der Waals surface area contributed by atoms with E-state index in [-0.39, 0.29) is 11.8 Å². The molecule has 0 aliphatic rings. The fourth-order valence-electron chi connectivity index (χ4n) is 0.901. The van der Waals surface area contributed by atoms with Crippen LogP contribution in [0.3, 0.4) is 0 Å². The highest BCUT2D eigenvalue weighted by atomic mass is 35.5. The fraction of sp³-hybridized carbons (Fsp3) is 0.222. The monoisotopic (exact) mass is 183 g/mol. The van der Waals surface area contributed by atoms with Gasteiger partial charge in [0.15, 0.2) is 0 Å². The molecular weight excluding hydrogens is 174 g/mol. The highest BCUT2D eigenvalue weighted by Gasteiger charge is 1.94. The summed E-state index contributed by atoms with van der Waals surface area (Å²) in [5, 5.41) is 2.56. The molecule has 0 bridgehead atoms. The van der Waals surface area contributed by atoms with Gasteiger partial charge in [-0.1, -0.05) is 30.3 Å². The van der Waals surface area contributed by atoms with Gasteiger partial charge in [0.25, 0.3) is 0 Å². The number of carbonyl (C=O) groups is 1. The van der Waals surface area contributed by atoms with E-state index in [0.717, 1.165) is 5.56 Å². The van der Waals surface area contributed by atoms with Crippen molar-refractivity contribution in [2.75, 3.05) is 6.54 Å². The molecule has 2 nitrogen and oxygen atoms in total. The third kappa shape index (κ3) is 3.51. The van der Waals surface area contributed by atoms with Gasteiger partial charge in [0.1, 0.15) is 0 Å². The van der Waals surface area contributed by atoms with E-state index in [1.165, 1.54) is 0 Å². The average molecular weight is 184 g/mol. The molecule has 0 aromatic heterocycles. The Kier molecular flexibility index (Phi) is 3.77. The van der Waals surface area contributed by atoms with Crippen LogP contribution in [-0.4, -0.2) is 11.8 Å². The van der Waals surface area contributed by atoms with E-state index in [2.05, 4.69) is 5.32 Å². The Morgan fingerprint density at radius 1 is 1.33 bits per heavy atom. The molecule has 1 aromatic carbocycles. The lowest BCUT2D eigenvalue weighted by atomic mass is 10.2. The maximum Gasteiger partial charge on any atom is 0.235 e. The van der Waals surface area contributed by atoms with Gasteiger partial charge in [-0.15, -0.1) is 0 Å². The van der Waals surface area contributed by atoms with Gasteiger partial charge in [-0.05, 0) is 17.2 Å². The minimum atomic E-state index is -0.356. The fourth-order valence-corrected chi connectivity index (χ4v) is 0.995. The molecule has 0 saturated carbocycles. The topological polar surface area (TPSA) is 29.1 Å². The van der Waals surface area contributed by atoms with Crippen LogP contribution < -0.4 is 5.32 Å². The maximum absolute atomic E-state index is 10.3. The molecule has 64 valence electrons. The van der Waals surface area contributed by atoms with E-state index in [0.29, 0.717) is 6.54 Å². The molecule has 0 amide bonds. The summed E-state index contributed by atoms with van der Waals surface area (Å²) in [6, 6.07) is 9.85. The third-order valence-corrected chi connectivity index (χ3v) is 1.57. The first-order chi connectivity index (χ1) is 5.79. The van der Waals surface area contributed by atoms with Crippen LogP contribution in [0.4, 0.5) is 0 Å². The Morgan fingerprint density at radius 2 is 2.00 bits per heavy atom. The van der Waals surface area contributed by atoms with E-state index in [1.54, 1.807) is 0 Å². The van der Waals surface area contributed by atoms with Crippen LogP contribution in [0, 0.1) is 0 Å². The van der Waals surface area contributed by atoms with Gasteiger partial charge in [-0.2, -0.15) is 0 Å². The molecular formula is C9H10ClNO. The zero-order chi connectivity index (χ0) is 8.81. The van der Waals surface area contributed by atoms with Crippen molar-refractivity contribution in [1.29, 1.82) is 0 Å². The normalized spacial score (nSPS) is 9.75. The smallest absolute Gasteiger partial charge is 0.235 e. The SMILES string of the molecule is O=C(Cl)CNCc1ccccc1. The summed E-state index contributed by atoms with van der Waals surface area (Å²) >= 11 is 5.14. The first-order valence-corrected chi connectivity index (χ1v) is 4.10. The molecule has 0 heterocycles. The number of nitrogens with one attached hydrogen (secondary N) is 1. The van der Waals surface area contributed by atoms with Gasteiger partial charge < -0.3 is 5.32 Å².